The van der Waals surface area contributed by atoms with Crippen molar-refractivity contribution in [3.05, 3.63) is 24.2 Å². The third-order valence-electron chi connectivity index (χ3n) is 3.42. The molecule has 1 aliphatic rings. The molecule has 1 fully saturated rings. The SMILES string of the molecule is CCNC(CCC1CCCO1)Cc1ccoc1. The van der Waals surface area contributed by atoms with Gasteiger partial charge in [-0.3, -0.25) is 0 Å². The maximum absolute atomic E-state index is 5.67. The van der Waals surface area contributed by atoms with Crippen LogP contribution in [0.15, 0.2) is 23.0 Å². The molecule has 0 aromatic carbocycles. The molecule has 1 N–H and O–H groups in total. The molecule has 96 valence electrons. The molecule has 0 aliphatic carbocycles. The van der Waals surface area contributed by atoms with Crippen LogP contribution in [0.25, 0.3) is 0 Å². The predicted octanol–water partition coefficient (Wildman–Crippen LogP) is 2.76. The summed E-state index contributed by atoms with van der Waals surface area (Å²) in [4.78, 5) is 0. The molecule has 0 radical (unpaired) electrons. The smallest absolute Gasteiger partial charge is 0.0935 e. The lowest BCUT2D eigenvalue weighted by atomic mass is 10.0. The lowest BCUT2D eigenvalue weighted by molar-refractivity contribution is 0.0996. The first-order valence-electron chi connectivity index (χ1n) is 6.74. The molecule has 0 bridgehead atoms. The van der Waals surface area contributed by atoms with Crippen molar-refractivity contribution in [2.24, 2.45) is 0 Å². The van der Waals surface area contributed by atoms with Crippen LogP contribution in [0.2, 0.25) is 0 Å². The van der Waals surface area contributed by atoms with Gasteiger partial charge in [0.2, 0.25) is 0 Å². The Morgan fingerprint density at radius 2 is 2.47 bits per heavy atom. The summed E-state index contributed by atoms with van der Waals surface area (Å²) < 4.78 is 10.8. The lowest BCUT2D eigenvalue weighted by Crippen LogP contribution is -2.31. The summed E-state index contributed by atoms with van der Waals surface area (Å²) in [6.45, 7) is 4.14. The number of likely N-dealkylation sites (N-methyl/N-ethyl adjacent to an activating group) is 1. The second-order valence-corrected chi connectivity index (χ2v) is 4.80. The molecule has 0 spiro atoms. The van der Waals surface area contributed by atoms with Crippen LogP contribution in [0.3, 0.4) is 0 Å². The largest absolute Gasteiger partial charge is 0.472 e. The standard InChI is InChI=1S/C14H23NO2/c1-2-15-13(10-12-7-9-16-11-12)5-6-14-4-3-8-17-14/h7,9,11,13-15H,2-6,8,10H2,1H3. The van der Waals surface area contributed by atoms with Crippen molar-refractivity contribution >= 4 is 0 Å². The van der Waals surface area contributed by atoms with Crippen molar-refractivity contribution in [2.45, 2.75) is 51.2 Å². The quantitative estimate of drug-likeness (QED) is 0.792. The fraction of sp³-hybridized carbons (Fsp3) is 0.714. The highest BCUT2D eigenvalue weighted by molar-refractivity contribution is 5.07. The second-order valence-electron chi connectivity index (χ2n) is 4.80. The fourth-order valence-electron chi connectivity index (χ4n) is 2.52. The van der Waals surface area contributed by atoms with Crippen LogP contribution in [0.4, 0.5) is 0 Å². The van der Waals surface area contributed by atoms with Crippen molar-refractivity contribution in [3.8, 4) is 0 Å². The minimum atomic E-state index is 0.500. The Bertz CT molecular complexity index is 291. The topological polar surface area (TPSA) is 34.4 Å². The van der Waals surface area contributed by atoms with Crippen LogP contribution in [-0.4, -0.2) is 25.3 Å². The van der Waals surface area contributed by atoms with E-state index in [1.54, 1.807) is 6.26 Å². The molecule has 1 aromatic rings. The van der Waals surface area contributed by atoms with E-state index in [4.69, 9.17) is 9.15 Å². The Balaban J connectivity index is 1.75. The summed E-state index contributed by atoms with van der Waals surface area (Å²) in [5.74, 6) is 0. The summed E-state index contributed by atoms with van der Waals surface area (Å²) in [7, 11) is 0. The highest BCUT2D eigenvalue weighted by Gasteiger charge is 2.17. The maximum Gasteiger partial charge on any atom is 0.0935 e. The van der Waals surface area contributed by atoms with Crippen molar-refractivity contribution in [1.29, 1.82) is 0 Å². The highest BCUT2D eigenvalue weighted by atomic mass is 16.5. The molecule has 0 amide bonds. The fourth-order valence-corrected chi connectivity index (χ4v) is 2.52. The normalized spacial score (nSPS) is 21.8. The number of ether oxygens (including phenoxy) is 1. The summed E-state index contributed by atoms with van der Waals surface area (Å²) in [5.41, 5.74) is 1.28. The minimum absolute atomic E-state index is 0.500. The van der Waals surface area contributed by atoms with Crippen LogP contribution in [0.5, 0.6) is 0 Å². The summed E-state index contributed by atoms with van der Waals surface area (Å²) in [5, 5.41) is 3.55. The van der Waals surface area contributed by atoms with E-state index in [9.17, 15) is 0 Å². The van der Waals surface area contributed by atoms with E-state index in [0.717, 1.165) is 19.6 Å². The van der Waals surface area contributed by atoms with E-state index in [0.29, 0.717) is 12.1 Å². The van der Waals surface area contributed by atoms with Gasteiger partial charge in [-0.2, -0.15) is 0 Å². The van der Waals surface area contributed by atoms with Crippen LogP contribution >= 0.6 is 0 Å². The lowest BCUT2D eigenvalue weighted by Gasteiger charge is -2.19. The average molecular weight is 237 g/mol. The first-order valence-corrected chi connectivity index (χ1v) is 6.74. The molecule has 1 aromatic heterocycles. The molecule has 1 saturated heterocycles. The Labute approximate surface area is 104 Å². The Kier molecular flexibility index (Phi) is 5.08. The van der Waals surface area contributed by atoms with E-state index in [2.05, 4.69) is 18.3 Å². The molecule has 1 aliphatic heterocycles. The monoisotopic (exact) mass is 237 g/mol. The van der Waals surface area contributed by atoms with Gasteiger partial charge < -0.3 is 14.5 Å². The van der Waals surface area contributed by atoms with E-state index in [-0.39, 0.29) is 0 Å². The molecular weight excluding hydrogens is 214 g/mol. The Morgan fingerprint density at radius 3 is 3.12 bits per heavy atom. The second kappa shape index (κ2) is 6.82. The highest BCUT2D eigenvalue weighted by Crippen LogP contribution is 2.19. The molecular formula is C14H23NO2. The van der Waals surface area contributed by atoms with Crippen molar-refractivity contribution < 1.29 is 9.15 Å². The van der Waals surface area contributed by atoms with E-state index in [1.165, 1.54) is 31.2 Å². The van der Waals surface area contributed by atoms with E-state index >= 15 is 0 Å². The van der Waals surface area contributed by atoms with Crippen LogP contribution < -0.4 is 5.32 Å². The minimum Gasteiger partial charge on any atom is -0.472 e. The number of hydrogen-bond donors (Lipinski definition) is 1. The van der Waals surface area contributed by atoms with Gasteiger partial charge in [-0.15, -0.1) is 0 Å². The molecule has 3 heteroatoms. The molecule has 2 rings (SSSR count). The maximum atomic E-state index is 5.67. The van der Waals surface area contributed by atoms with Gasteiger partial charge >= 0.3 is 0 Å². The van der Waals surface area contributed by atoms with Crippen molar-refractivity contribution in [3.63, 3.8) is 0 Å². The number of nitrogens with one attached hydrogen (secondary N) is 1. The number of rotatable bonds is 7. The number of hydrogen-bond acceptors (Lipinski definition) is 3. The third kappa shape index (κ3) is 4.17. The summed E-state index contributed by atoms with van der Waals surface area (Å²) >= 11 is 0. The van der Waals surface area contributed by atoms with Gasteiger partial charge in [0, 0.05) is 12.6 Å². The van der Waals surface area contributed by atoms with Gasteiger partial charge in [-0.1, -0.05) is 6.92 Å². The van der Waals surface area contributed by atoms with Gasteiger partial charge in [0.25, 0.3) is 0 Å². The van der Waals surface area contributed by atoms with Crippen LogP contribution in [0.1, 0.15) is 38.2 Å². The first-order chi connectivity index (χ1) is 8.38. The van der Waals surface area contributed by atoms with Gasteiger partial charge in [0.15, 0.2) is 0 Å². The van der Waals surface area contributed by atoms with E-state index < -0.39 is 0 Å². The zero-order chi connectivity index (χ0) is 11.9. The molecule has 2 heterocycles. The molecule has 2 atom stereocenters. The van der Waals surface area contributed by atoms with Crippen LogP contribution in [0, 0.1) is 0 Å². The molecule has 3 nitrogen and oxygen atoms in total. The summed E-state index contributed by atoms with van der Waals surface area (Å²) in [6.07, 6.45) is 9.98. The molecule has 2 unspecified atom stereocenters. The Hall–Kier alpha value is -0.800. The van der Waals surface area contributed by atoms with Gasteiger partial charge in [0.1, 0.15) is 0 Å². The Morgan fingerprint density at radius 1 is 1.53 bits per heavy atom. The third-order valence-corrected chi connectivity index (χ3v) is 3.42. The van der Waals surface area contributed by atoms with E-state index in [1.807, 2.05) is 6.26 Å². The van der Waals surface area contributed by atoms with Gasteiger partial charge in [-0.05, 0) is 50.3 Å². The zero-order valence-electron chi connectivity index (χ0n) is 10.7. The summed E-state index contributed by atoms with van der Waals surface area (Å²) in [6, 6.07) is 2.60. The predicted molar refractivity (Wildman–Crippen MR) is 68.1 cm³/mol. The van der Waals surface area contributed by atoms with Gasteiger partial charge in [-0.25, -0.2) is 0 Å². The van der Waals surface area contributed by atoms with Crippen LogP contribution in [-0.2, 0) is 11.2 Å². The van der Waals surface area contributed by atoms with Gasteiger partial charge in [0.05, 0.1) is 18.6 Å². The number of furan rings is 1. The van der Waals surface area contributed by atoms with Crippen molar-refractivity contribution in [2.75, 3.05) is 13.2 Å². The zero-order valence-corrected chi connectivity index (χ0v) is 10.7. The van der Waals surface area contributed by atoms with Crippen molar-refractivity contribution in [1.82, 2.24) is 5.32 Å². The first kappa shape index (κ1) is 12.7. The average Bonchev–Trinajstić information content (AvgIpc) is 2.99. The molecule has 0 saturated carbocycles. The molecule has 17 heavy (non-hydrogen) atoms.